The Bertz CT molecular complexity index is 1110. The zero-order valence-electron chi connectivity index (χ0n) is 16.4. The van der Waals surface area contributed by atoms with Crippen LogP contribution >= 0.6 is 11.6 Å². The molecule has 0 bridgehead atoms. The van der Waals surface area contributed by atoms with Gasteiger partial charge in [-0.25, -0.2) is 10.2 Å². The van der Waals surface area contributed by atoms with Gasteiger partial charge in [0, 0.05) is 5.56 Å². The number of hydrogen-bond donors (Lipinski definition) is 1. The highest BCUT2D eigenvalue weighted by Gasteiger charge is 2.15. The van der Waals surface area contributed by atoms with E-state index in [1.165, 1.54) is 13.3 Å². The van der Waals surface area contributed by atoms with Crippen molar-refractivity contribution in [2.24, 2.45) is 5.10 Å². The molecule has 0 aliphatic heterocycles. The maximum absolute atomic E-state index is 12.4. The van der Waals surface area contributed by atoms with Gasteiger partial charge in [0.25, 0.3) is 5.91 Å². The Hall–Kier alpha value is -3.64. The number of aryl methyl sites for hydroxylation is 1. The normalized spacial score (nSPS) is 10.6. The van der Waals surface area contributed by atoms with Crippen molar-refractivity contribution in [3.8, 4) is 11.5 Å². The van der Waals surface area contributed by atoms with Crippen LogP contribution in [-0.4, -0.2) is 25.2 Å². The van der Waals surface area contributed by atoms with Crippen LogP contribution < -0.4 is 14.9 Å². The van der Waals surface area contributed by atoms with Crippen LogP contribution in [0.25, 0.3) is 0 Å². The molecule has 0 saturated heterocycles. The number of hydrazone groups is 1. The van der Waals surface area contributed by atoms with Gasteiger partial charge in [0.05, 0.1) is 23.9 Å². The minimum Gasteiger partial charge on any atom is -0.493 e. The number of amides is 1. The van der Waals surface area contributed by atoms with Crippen LogP contribution in [0, 0.1) is 6.92 Å². The van der Waals surface area contributed by atoms with Gasteiger partial charge in [-0.2, -0.15) is 5.10 Å². The van der Waals surface area contributed by atoms with Crippen molar-refractivity contribution in [1.82, 2.24) is 5.43 Å². The number of ether oxygens (including phenoxy) is 2. The van der Waals surface area contributed by atoms with Crippen molar-refractivity contribution in [3.05, 3.63) is 94.0 Å². The molecule has 0 unspecified atom stereocenters. The molecule has 3 aromatic carbocycles. The predicted octanol–water partition coefficient (Wildman–Crippen LogP) is 4.64. The first-order chi connectivity index (χ1) is 14.5. The smallest absolute Gasteiger partial charge is 0.345 e. The van der Waals surface area contributed by atoms with Gasteiger partial charge in [-0.15, -0.1) is 0 Å². The molecule has 0 spiro atoms. The number of benzene rings is 3. The van der Waals surface area contributed by atoms with Gasteiger partial charge in [0.1, 0.15) is 0 Å². The van der Waals surface area contributed by atoms with E-state index in [2.05, 4.69) is 10.5 Å². The molecule has 0 atom stereocenters. The number of carbonyl (C=O) groups excluding carboxylic acids is 2. The number of nitrogens with zero attached hydrogens (tertiary/aromatic N) is 1. The molecule has 0 radical (unpaired) electrons. The van der Waals surface area contributed by atoms with Gasteiger partial charge in [0.15, 0.2) is 11.5 Å². The fourth-order valence-electron chi connectivity index (χ4n) is 2.65. The summed E-state index contributed by atoms with van der Waals surface area (Å²) >= 11 is 6.04. The van der Waals surface area contributed by atoms with Gasteiger partial charge in [-0.1, -0.05) is 41.4 Å². The third-order valence-electron chi connectivity index (χ3n) is 4.14. The third kappa shape index (κ3) is 5.24. The standard InChI is InChI=1S/C23H19ClN2O4/c1-15-6-5-7-17(12-15)22(27)26-25-14-16-10-11-20(21(13-16)29-2)30-23(28)18-8-3-4-9-19(18)24/h3-14H,1-2H3,(H,26,27)/b25-14+. The van der Waals surface area contributed by atoms with E-state index in [1.54, 1.807) is 54.6 Å². The first kappa shape index (κ1) is 21.1. The molecule has 0 fully saturated rings. The lowest BCUT2D eigenvalue weighted by molar-refractivity contribution is 0.0729. The summed E-state index contributed by atoms with van der Waals surface area (Å²) < 4.78 is 10.7. The zero-order chi connectivity index (χ0) is 21.5. The lowest BCUT2D eigenvalue weighted by Crippen LogP contribution is -2.17. The number of nitrogens with one attached hydrogen (secondary N) is 1. The Morgan fingerprint density at radius 2 is 1.80 bits per heavy atom. The number of halogens is 1. The maximum atomic E-state index is 12.4. The third-order valence-corrected chi connectivity index (χ3v) is 4.47. The molecule has 30 heavy (non-hydrogen) atoms. The largest absolute Gasteiger partial charge is 0.493 e. The molecule has 3 aromatic rings. The molecule has 0 saturated carbocycles. The van der Waals surface area contributed by atoms with Crippen LogP contribution in [0.1, 0.15) is 31.8 Å². The van der Waals surface area contributed by atoms with Crippen LogP contribution in [0.4, 0.5) is 0 Å². The Kier molecular flexibility index (Phi) is 6.83. The van der Waals surface area contributed by atoms with E-state index in [0.717, 1.165) is 5.56 Å². The van der Waals surface area contributed by atoms with Gasteiger partial charge < -0.3 is 9.47 Å². The summed E-state index contributed by atoms with van der Waals surface area (Å²) in [6.45, 7) is 1.91. The van der Waals surface area contributed by atoms with Crippen molar-refractivity contribution in [3.63, 3.8) is 0 Å². The molecule has 1 amide bonds. The summed E-state index contributed by atoms with van der Waals surface area (Å²) in [5.41, 5.74) is 4.88. The van der Waals surface area contributed by atoms with Crippen LogP contribution in [0.5, 0.6) is 11.5 Å². The molecule has 0 heterocycles. The topological polar surface area (TPSA) is 77.0 Å². The molecular weight excluding hydrogens is 404 g/mol. The molecule has 6 nitrogen and oxygen atoms in total. The number of hydrogen-bond acceptors (Lipinski definition) is 5. The maximum Gasteiger partial charge on any atom is 0.345 e. The second-order valence-corrected chi connectivity index (χ2v) is 6.76. The fourth-order valence-corrected chi connectivity index (χ4v) is 2.86. The van der Waals surface area contributed by atoms with Crippen LogP contribution in [-0.2, 0) is 0 Å². The van der Waals surface area contributed by atoms with Gasteiger partial charge in [-0.05, 0) is 55.0 Å². The average molecular weight is 423 g/mol. The van der Waals surface area contributed by atoms with E-state index in [1.807, 2.05) is 19.1 Å². The summed E-state index contributed by atoms with van der Waals surface area (Å²) in [6.07, 6.45) is 1.47. The lowest BCUT2D eigenvalue weighted by Gasteiger charge is -2.10. The van der Waals surface area contributed by atoms with Gasteiger partial charge in [-0.3, -0.25) is 4.79 Å². The minimum atomic E-state index is -0.592. The monoisotopic (exact) mass is 422 g/mol. The van der Waals surface area contributed by atoms with E-state index in [4.69, 9.17) is 21.1 Å². The number of rotatable bonds is 6. The highest BCUT2D eigenvalue weighted by Crippen LogP contribution is 2.29. The molecule has 3 rings (SSSR count). The van der Waals surface area contributed by atoms with Crippen LogP contribution in [0.3, 0.4) is 0 Å². The lowest BCUT2D eigenvalue weighted by atomic mass is 10.1. The van der Waals surface area contributed by atoms with E-state index in [-0.39, 0.29) is 17.2 Å². The summed E-state index contributed by atoms with van der Waals surface area (Å²) in [4.78, 5) is 24.5. The van der Waals surface area contributed by atoms with E-state index in [0.29, 0.717) is 21.9 Å². The Labute approximate surface area is 179 Å². The highest BCUT2D eigenvalue weighted by atomic mass is 35.5. The van der Waals surface area contributed by atoms with Crippen LogP contribution in [0.2, 0.25) is 5.02 Å². The number of esters is 1. The first-order valence-corrected chi connectivity index (χ1v) is 9.40. The molecule has 0 aliphatic rings. The predicted molar refractivity (Wildman–Crippen MR) is 116 cm³/mol. The highest BCUT2D eigenvalue weighted by molar-refractivity contribution is 6.33. The summed E-state index contributed by atoms with van der Waals surface area (Å²) in [5, 5.41) is 4.27. The fraction of sp³-hybridized carbons (Fsp3) is 0.0870. The van der Waals surface area contributed by atoms with Crippen molar-refractivity contribution < 1.29 is 19.1 Å². The zero-order valence-corrected chi connectivity index (χ0v) is 17.1. The first-order valence-electron chi connectivity index (χ1n) is 9.03. The van der Waals surface area contributed by atoms with Crippen molar-refractivity contribution in [1.29, 1.82) is 0 Å². The van der Waals surface area contributed by atoms with Gasteiger partial charge >= 0.3 is 5.97 Å². The van der Waals surface area contributed by atoms with E-state index >= 15 is 0 Å². The molecule has 152 valence electrons. The van der Waals surface area contributed by atoms with E-state index < -0.39 is 5.97 Å². The van der Waals surface area contributed by atoms with Crippen molar-refractivity contribution in [2.45, 2.75) is 6.92 Å². The Morgan fingerprint density at radius 3 is 2.53 bits per heavy atom. The van der Waals surface area contributed by atoms with Crippen LogP contribution in [0.15, 0.2) is 71.8 Å². The summed E-state index contributed by atoms with van der Waals surface area (Å²) in [6, 6.07) is 18.7. The number of methoxy groups -OCH3 is 1. The minimum absolute atomic E-state index is 0.239. The van der Waals surface area contributed by atoms with Crippen molar-refractivity contribution >= 4 is 29.7 Å². The molecular formula is C23H19ClN2O4. The summed E-state index contributed by atoms with van der Waals surface area (Å²) in [5.74, 6) is -0.328. The SMILES string of the molecule is COc1cc(/C=N/NC(=O)c2cccc(C)c2)ccc1OC(=O)c1ccccc1Cl. The molecule has 0 aromatic heterocycles. The van der Waals surface area contributed by atoms with E-state index in [9.17, 15) is 9.59 Å². The van der Waals surface area contributed by atoms with Crippen molar-refractivity contribution in [2.75, 3.05) is 7.11 Å². The molecule has 7 heteroatoms. The quantitative estimate of drug-likeness (QED) is 0.272. The Balaban J connectivity index is 1.69. The number of carbonyl (C=O) groups is 2. The Morgan fingerprint density at radius 1 is 1.00 bits per heavy atom. The second-order valence-electron chi connectivity index (χ2n) is 6.35. The second kappa shape index (κ2) is 9.71. The average Bonchev–Trinajstić information content (AvgIpc) is 2.74. The molecule has 1 N–H and O–H groups in total. The molecule has 0 aliphatic carbocycles. The summed E-state index contributed by atoms with van der Waals surface area (Å²) in [7, 11) is 1.46. The van der Waals surface area contributed by atoms with Gasteiger partial charge in [0.2, 0.25) is 0 Å².